The smallest absolute Gasteiger partial charge is 0.0826 e. The van der Waals surface area contributed by atoms with Crippen LogP contribution in [-0.4, -0.2) is 49.3 Å². The standard InChI is InChI=1S/C13H26N2O/c1-3-15-8-9-16-12(11-15)10-14-13(2)6-4-5-7-13/h12,14H,3-11H2,1-2H3. The monoisotopic (exact) mass is 226 g/mol. The predicted molar refractivity (Wildman–Crippen MR) is 66.7 cm³/mol. The van der Waals surface area contributed by atoms with Gasteiger partial charge in [0.25, 0.3) is 0 Å². The highest BCUT2D eigenvalue weighted by Crippen LogP contribution is 2.28. The van der Waals surface area contributed by atoms with Crippen LogP contribution in [0, 0.1) is 0 Å². The Morgan fingerprint density at radius 2 is 2.12 bits per heavy atom. The minimum Gasteiger partial charge on any atom is -0.374 e. The zero-order valence-corrected chi connectivity index (χ0v) is 10.8. The number of likely N-dealkylation sites (N-methyl/N-ethyl adjacent to an activating group) is 1. The fraction of sp³-hybridized carbons (Fsp3) is 1.00. The summed E-state index contributed by atoms with van der Waals surface area (Å²) in [5.41, 5.74) is 0.387. The Labute approximate surface area is 99.5 Å². The van der Waals surface area contributed by atoms with Crippen LogP contribution in [0.25, 0.3) is 0 Å². The molecular formula is C13H26N2O. The summed E-state index contributed by atoms with van der Waals surface area (Å²) in [6.45, 7) is 9.86. The van der Waals surface area contributed by atoms with Crippen LogP contribution in [0.3, 0.4) is 0 Å². The van der Waals surface area contributed by atoms with E-state index in [0.717, 1.165) is 32.8 Å². The third-order valence-electron chi connectivity index (χ3n) is 4.13. The van der Waals surface area contributed by atoms with Gasteiger partial charge in [0.15, 0.2) is 0 Å². The third kappa shape index (κ3) is 3.19. The largest absolute Gasteiger partial charge is 0.374 e. The number of nitrogens with zero attached hydrogens (tertiary/aromatic N) is 1. The molecule has 0 bridgehead atoms. The van der Waals surface area contributed by atoms with E-state index in [2.05, 4.69) is 24.1 Å². The van der Waals surface area contributed by atoms with E-state index in [4.69, 9.17) is 4.74 Å². The van der Waals surface area contributed by atoms with E-state index in [9.17, 15) is 0 Å². The van der Waals surface area contributed by atoms with Crippen LogP contribution < -0.4 is 5.32 Å². The molecule has 0 aromatic rings. The molecule has 2 rings (SSSR count). The molecule has 1 heterocycles. The molecule has 94 valence electrons. The van der Waals surface area contributed by atoms with Crippen molar-refractivity contribution in [3.63, 3.8) is 0 Å². The van der Waals surface area contributed by atoms with Gasteiger partial charge in [0.1, 0.15) is 0 Å². The number of morpholine rings is 1. The van der Waals surface area contributed by atoms with Crippen molar-refractivity contribution in [2.45, 2.75) is 51.2 Å². The highest BCUT2D eigenvalue weighted by molar-refractivity contribution is 4.89. The molecule has 3 nitrogen and oxygen atoms in total. The summed E-state index contributed by atoms with van der Waals surface area (Å²) >= 11 is 0. The van der Waals surface area contributed by atoms with Crippen LogP contribution >= 0.6 is 0 Å². The molecule has 3 heteroatoms. The lowest BCUT2D eigenvalue weighted by molar-refractivity contribution is -0.0282. The van der Waals surface area contributed by atoms with Gasteiger partial charge in [0, 0.05) is 25.2 Å². The summed E-state index contributed by atoms with van der Waals surface area (Å²) in [6, 6.07) is 0. The van der Waals surface area contributed by atoms with Crippen LogP contribution in [0.2, 0.25) is 0 Å². The molecule has 0 spiro atoms. The Bertz CT molecular complexity index is 214. The lowest BCUT2D eigenvalue weighted by Gasteiger charge is -2.35. The first-order valence-corrected chi connectivity index (χ1v) is 6.81. The molecule has 0 aromatic heterocycles. The first kappa shape index (κ1) is 12.3. The van der Waals surface area contributed by atoms with Crippen molar-refractivity contribution in [3.8, 4) is 0 Å². The maximum Gasteiger partial charge on any atom is 0.0826 e. The van der Waals surface area contributed by atoms with Gasteiger partial charge in [-0.15, -0.1) is 0 Å². The maximum atomic E-state index is 5.81. The van der Waals surface area contributed by atoms with Gasteiger partial charge in [0.2, 0.25) is 0 Å². The van der Waals surface area contributed by atoms with Gasteiger partial charge in [-0.3, -0.25) is 4.90 Å². The SMILES string of the molecule is CCN1CCOC(CNC2(C)CCCC2)C1. The maximum absolute atomic E-state index is 5.81. The van der Waals surface area contributed by atoms with E-state index >= 15 is 0 Å². The van der Waals surface area contributed by atoms with Crippen molar-refractivity contribution < 1.29 is 4.74 Å². The minimum absolute atomic E-state index is 0.387. The van der Waals surface area contributed by atoms with Crippen molar-refractivity contribution in [1.29, 1.82) is 0 Å². The molecule has 1 saturated carbocycles. The molecule has 1 saturated heterocycles. The second kappa shape index (κ2) is 5.48. The first-order chi connectivity index (χ1) is 7.72. The second-order valence-electron chi connectivity index (χ2n) is 5.53. The summed E-state index contributed by atoms with van der Waals surface area (Å²) in [6.07, 6.45) is 5.83. The fourth-order valence-corrected chi connectivity index (χ4v) is 2.88. The Balaban J connectivity index is 1.72. The lowest BCUT2D eigenvalue weighted by Crippen LogP contribution is -2.50. The van der Waals surface area contributed by atoms with Crippen LogP contribution in [-0.2, 0) is 4.74 Å². The van der Waals surface area contributed by atoms with Crippen LogP contribution in [0.1, 0.15) is 39.5 Å². The average molecular weight is 226 g/mol. The van der Waals surface area contributed by atoms with Gasteiger partial charge in [-0.1, -0.05) is 19.8 Å². The van der Waals surface area contributed by atoms with E-state index in [-0.39, 0.29) is 0 Å². The molecule has 16 heavy (non-hydrogen) atoms. The molecule has 0 radical (unpaired) electrons. The highest BCUT2D eigenvalue weighted by Gasteiger charge is 2.29. The zero-order chi connectivity index (χ0) is 11.4. The molecule has 1 aliphatic carbocycles. The van der Waals surface area contributed by atoms with Crippen molar-refractivity contribution in [2.75, 3.05) is 32.8 Å². The van der Waals surface area contributed by atoms with E-state index in [0.29, 0.717) is 11.6 Å². The van der Waals surface area contributed by atoms with Crippen LogP contribution in [0.4, 0.5) is 0 Å². The molecule has 1 aliphatic heterocycles. The molecule has 1 N–H and O–H groups in total. The summed E-state index contributed by atoms with van der Waals surface area (Å²) in [4.78, 5) is 2.48. The summed E-state index contributed by atoms with van der Waals surface area (Å²) in [5, 5.41) is 3.72. The quantitative estimate of drug-likeness (QED) is 0.788. The van der Waals surface area contributed by atoms with Gasteiger partial charge in [0.05, 0.1) is 12.7 Å². The highest BCUT2D eigenvalue weighted by atomic mass is 16.5. The number of ether oxygens (including phenoxy) is 1. The van der Waals surface area contributed by atoms with E-state index < -0.39 is 0 Å². The Morgan fingerprint density at radius 1 is 1.38 bits per heavy atom. The molecule has 1 atom stereocenters. The number of hydrogen-bond donors (Lipinski definition) is 1. The van der Waals surface area contributed by atoms with Gasteiger partial charge in [-0.05, 0) is 26.3 Å². The van der Waals surface area contributed by atoms with Crippen molar-refractivity contribution in [1.82, 2.24) is 10.2 Å². The second-order valence-corrected chi connectivity index (χ2v) is 5.53. The zero-order valence-electron chi connectivity index (χ0n) is 10.8. The molecule has 0 amide bonds. The van der Waals surface area contributed by atoms with Crippen LogP contribution in [0.15, 0.2) is 0 Å². The van der Waals surface area contributed by atoms with E-state index in [1.807, 2.05) is 0 Å². The molecule has 2 aliphatic rings. The number of rotatable bonds is 4. The molecular weight excluding hydrogens is 200 g/mol. The molecule has 1 unspecified atom stereocenters. The summed E-state index contributed by atoms with van der Waals surface area (Å²) in [7, 11) is 0. The van der Waals surface area contributed by atoms with E-state index in [1.54, 1.807) is 0 Å². The fourth-order valence-electron chi connectivity index (χ4n) is 2.88. The first-order valence-electron chi connectivity index (χ1n) is 6.81. The third-order valence-corrected chi connectivity index (χ3v) is 4.13. The van der Waals surface area contributed by atoms with E-state index in [1.165, 1.54) is 25.7 Å². The van der Waals surface area contributed by atoms with Gasteiger partial charge < -0.3 is 10.1 Å². The lowest BCUT2D eigenvalue weighted by atomic mass is 10.0. The van der Waals surface area contributed by atoms with Gasteiger partial charge >= 0.3 is 0 Å². The average Bonchev–Trinajstić information content (AvgIpc) is 2.75. The number of nitrogens with one attached hydrogen (secondary N) is 1. The Kier molecular flexibility index (Phi) is 4.22. The van der Waals surface area contributed by atoms with Crippen molar-refractivity contribution in [2.24, 2.45) is 0 Å². The summed E-state index contributed by atoms with van der Waals surface area (Å²) < 4.78 is 5.81. The van der Waals surface area contributed by atoms with Crippen molar-refractivity contribution >= 4 is 0 Å². The minimum atomic E-state index is 0.387. The Morgan fingerprint density at radius 3 is 2.81 bits per heavy atom. The van der Waals surface area contributed by atoms with Gasteiger partial charge in [-0.25, -0.2) is 0 Å². The van der Waals surface area contributed by atoms with Gasteiger partial charge in [-0.2, -0.15) is 0 Å². The summed E-state index contributed by atoms with van der Waals surface area (Å²) in [5.74, 6) is 0. The van der Waals surface area contributed by atoms with Crippen molar-refractivity contribution in [3.05, 3.63) is 0 Å². The normalized spacial score (nSPS) is 30.8. The topological polar surface area (TPSA) is 24.5 Å². The predicted octanol–water partition coefficient (Wildman–Crippen LogP) is 1.63. The van der Waals surface area contributed by atoms with Crippen LogP contribution in [0.5, 0.6) is 0 Å². The number of hydrogen-bond acceptors (Lipinski definition) is 3. The molecule has 2 fully saturated rings. The Hall–Kier alpha value is -0.120. The molecule has 0 aromatic carbocycles.